The van der Waals surface area contributed by atoms with E-state index in [1.54, 1.807) is 6.92 Å². The highest BCUT2D eigenvalue weighted by Gasteiger charge is 2.41. The normalized spacial score (nSPS) is 26.8. The first-order chi connectivity index (χ1) is 30.0. The molecule has 2 aliphatic heterocycles. The fraction of sp³-hybridized carbons (Fsp3) is 0.676. The number of carboxylic acids is 1. The molecule has 0 radical (unpaired) electrons. The largest absolute Gasteiger partial charge is 0.481 e. The minimum atomic E-state index is -1.91. The van der Waals surface area contributed by atoms with Gasteiger partial charge in [0.2, 0.25) is 59.1 Å². The summed E-state index contributed by atoms with van der Waals surface area (Å²) in [4.78, 5) is 151. The lowest BCUT2D eigenvalue weighted by atomic mass is 9.96. The van der Waals surface area contributed by atoms with Gasteiger partial charge in [-0.1, -0.05) is 20.3 Å². The molecule has 10 amide bonds. The van der Waals surface area contributed by atoms with Crippen LogP contribution in [0.25, 0.3) is 0 Å². The molecule has 0 bridgehead atoms. The van der Waals surface area contributed by atoms with E-state index >= 15 is 0 Å². The number of nitrogens with zero attached hydrogens (tertiary/aromatic N) is 2. The van der Waals surface area contributed by atoms with Crippen LogP contribution in [0, 0.1) is 5.92 Å². The van der Waals surface area contributed by atoms with E-state index in [0.29, 0.717) is 0 Å². The van der Waals surface area contributed by atoms with Crippen LogP contribution < -0.4 is 60.2 Å². The molecular weight excluding hydrogens is 850 g/mol. The summed E-state index contributed by atoms with van der Waals surface area (Å²) in [6.07, 6.45) is -4.34. The van der Waals surface area contributed by atoms with Crippen molar-refractivity contribution >= 4 is 71.0 Å². The fourth-order valence-electron chi connectivity index (χ4n) is 6.76. The number of guanidine groups is 1. The van der Waals surface area contributed by atoms with E-state index in [1.807, 2.05) is 0 Å². The van der Waals surface area contributed by atoms with Crippen molar-refractivity contribution in [1.29, 1.82) is 0 Å². The Morgan fingerprint density at radius 3 is 1.72 bits per heavy atom. The fourth-order valence-corrected chi connectivity index (χ4v) is 6.76. The van der Waals surface area contributed by atoms with Crippen LogP contribution in [0.1, 0.15) is 78.6 Å². The molecule has 0 aromatic carbocycles. The molecule has 18 N–H and O–H groups in total. The van der Waals surface area contributed by atoms with Gasteiger partial charge < -0.3 is 80.4 Å². The van der Waals surface area contributed by atoms with Crippen LogP contribution >= 0.6 is 0 Å². The number of rotatable bonds is 15. The average Bonchev–Trinajstić information content (AvgIpc) is 3.71. The minimum absolute atomic E-state index is 0.00297. The van der Waals surface area contributed by atoms with E-state index in [4.69, 9.17) is 22.9 Å². The van der Waals surface area contributed by atoms with Crippen molar-refractivity contribution in [3.63, 3.8) is 0 Å². The lowest BCUT2D eigenvalue weighted by molar-refractivity contribution is -0.144. The summed E-state index contributed by atoms with van der Waals surface area (Å²) in [7, 11) is 0. The Kier molecular flexibility index (Phi) is 21.3. The van der Waals surface area contributed by atoms with Crippen molar-refractivity contribution in [2.75, 3.05) is 19.7 Å². The van der Waals surface area contributed by atoms with Gasteiger partial charge in [0.25, 0.3) is 0 Å². The molecule has 0 aromatic heterocycles. The molecule has 2 saturated heterocycles. The van der Waals surface area contributed by atoms with Gasteiger partial charge in [-0.3, -0.25) is 57.7 Å². The molecule has 27 heteroatoms. The number of hydrogen-bond acceptors (Lipinski definition) is 14. The first kappa shape index (κ1) is 53.5. The highest BCUT2D eigenvalue weighted by atomic mass is 16.4. The van der Waals surface area contributed by atoms with Crippen LogP contribution in [-0.2, 0) is 52.7 Å². The number of aliphatic carboxylic acids is 1. The van der Waals surface area contributed by atoms with Crippen molar-refractivity contribution in [2.24, 2.45) is 33.8 Å². The minimum Gasteiger partial charge on any atom is -0.481 e. The smallest absolute Gasteiger partial charge is 0.305 e. The zero-order valence-corrected chi connectivity index (χ0v) is 35.8. The average molecular weight is 912 g/mol. The van der Waals surface area contributed by atoms with Crippen LogP contribution in [0.2, 0.25) is 0 Å². The summed E-state index contributed by atoms with van der Waals surface area (Å²) < 4.78 is 0. The molecule has 2 aliphatic rings. The van der Waals surface area contributed by atoms with Crippen LogP contribution in [0.4, 0.5) is 0 Å². The summed E-state index contributed by atoms with van der Waals surface area (Å²) in [5.74, 6) is -13.4. The van der Waals surface area contributed by atoms with Crippen molar-refractivity contribution in [3.05, 3.63) is 0 Å². The summed E-state index contributed by atoms with van der Waals surface area (Å²) >= 11 is 0. The number of amides is 10. The predicted octanol–water partition coefficient (Wildman–Crippen LogP) is -7.53. The Balaban J connectivity index is 2.77. The maximum absolute atomic E-state index is 13.9. The lowest BCUT2D eigenvalue weighted by Crippen LogP contribution is -2.63. The number of aliphatic hydroxyl groups is 2. The number of nitrogens with two attached hydrogens (primary N) is 4. The molecule has 10 atom stereocenters. The second kappa shape index (κ2) is 25.5. The Labute approximate surface area is 367 Å². The number of aliphatic imine (C=N–C) groups is 1. The van der Waals surface area contributed by atoms with E-state index in [9.17, 15) is 68.1 Å². The van der Waals surface area contributed by atoms with Crippen LogP contribution in [0.15, 0.2) is 4.99 Å². The number of fused-ring (bicyclic) bond motifs is 1. The Hall–Kier alpha value is -6.64. The zero-order valence-electron chi connectivity index (χ0n) is 35.8. The molecule has 2 rings (SSSR count). The molecule has 358 valence electrons. The molecular formula is C37H61N13O14. The second-order valence-electron chi connectivity index (χ2n) is 15.5. The zero-order chi connectivity index (χ0) is 48.4. The number of primary amides is 2. The van der Waals surface area contributed by atoms with Gasteiger partial charge in [-0.15, -0.1) is 0 Å². The van der Waals surface area contributed by atoms with Crippen molar-refractivity contribution in [1.82, 2.24) is 42.1 Å². The van der Waals surface area contributed by atoms with Gasteiger partial charge in [0, 0.05) is 19.5 Å². The molecule has 0 saturated carbocycles. The predicted molar refractivity (Wildman–Crippen MR) is 221 cm³/mol. The van der Waals surface area contributed by atoms with Crippen molar-refractivity contribution in [2.45, 2.75) is 133 Å². The highest BCUT2D eigenvalue weighted by molar-refractivity contribution is 6.00. The Morgan fingerprint density at radius 2 is 1.19 bits per heavy atom. The molecule has 0 aromatic rings. The second-order valence-corrected chi connectivity index (χ2v) is 15.5. The standard InChI is InChI=1S/C37H61N13O14/c1-4-16(2)27-34(62)46-21(14-26(55)56)32(60)47-22(15-51)36(64)50-12-6-8-23(50)33(61)45-20(13-25(39)54)31(59)43-18(7-5-11-42-37(40)41)29(57)49-28(17(3)52)35(63)44-19(30(58)48-27)9-10-24(38)53/h16-23,27-28,51-52H,4-15H2,1-3H3,(H2,38,53)(H2,39,54)(H,43,59)(H,44,63)(H,45,61)(H,46,62)(H,47,60)(H,48,58)(H,49,57)(H,55,56)(H4,40,41,42)/t16-,17+,18-,19-,20-,21-,22-,23-,27-,28-/m0/s1. The monoisotopic (exact) mass is 911 g/mol. The Morgan fingerprint density at radius 1 is 0.688 bits per heavy atom. The summed E-state index contributed by atoms with van der Waals surface area (Å²) in [5.41, 5.74) is 21.5. The van der Waals surface area contributed by atoms with E-state index < -0.39 is 158 Å². The molecule has 64 heavy (non-hydrogen) atoms. The summed E-state index contributed by atoms with van der Waals surface area (Å²) in [6, 6.07) is -13.5. The van der Waals surface area contributed by atoms with Crippen LogP contribution in [-0.4, -0.2) is 165 Å². The molecule has 0 unspecified atom stereocenters. The van der Waals surface area contributed by atoms with Gasteiger partial charge in [-0.05, 0) is 44.9 Å². The third-order valence-electron chi connectivity index (χ3n) is 10.4. The highest BCUT2D eigenvalue weighted by Crippen LogP contribution is 2.20. The molecule has 0 spiro atoms. The molecule has 2 fully saturated rings. The SMILES string of the molecule is CC[C@H](C)[C@@H]1NC(=O)[C@H](CCC(N)=O)NC(=O)[C@H]([C@@H](C)O)NC(=O)[C@H](CCCN=C(N)N)NC(=O)[C@H](CC(N)=O)NC(=O)[C@@H]2CCCN2C(=O)[C@H](CO)NC(=O)[C@H](CC(=O)O)NC1=O. The van der Waals surface area contributed by atoms with E-state index in [2.05, 4.69) is 42.2 Å². The summed E-state index contributed by atoms with van der Waals surface area (Å²) in [6.45, 7) is 3.04. The van der Waals surface area contributed by atoms with Gasteiger partial charge in [0.1, 0.15) is 48.3 Å². The number of carboxylic acid groups (broad SMARTS) is 1. The van der Waals surface area contributed by atoms with Crippen LogP contribution in [0.3, 0.4) is 0 Å². The maximum Gasteiger partial charge on any atom is 0.305 e. The topological polar surface area (TPSA) is 452 Å². The number of carbonyl (C=O) groups excluding carboxylic acids is 10. The van der Waals surface area contributed by atoms with Crippen molar-refractivity contribution < 1.29 is 68.1 Å². The van der Waals surface area contributed by atoms with Gasteiger partial charge in [-0.25, -0.2) is 0 Å². The van der Waals surface area contributed by atoms with E-state index in [1.165, 1.54) is 6.92 Å². The molecule has 2 heterocycles. The number of aliphatic hydroxyl groups excluding tert-OH is 2. The first-order valence-electron chi connectivity index (χ1n) is 20.6. The maximum atomic E-state index is 13.9. The Bertz CT molecular complexity index is 1790. The molecule has 27 nitrogen and oxygen atoms in total. The lowest BCUT2D eigenvalue weighted by Gasteiger charge is -2.31. The van der Waals surface area contributed by atoms with Gasteiger partial charge in [0.15, 0.2) is 5.96 Å². The summed E-state index contributed by atoms with van der Waals surface area (Å²) in [5, 5.41) is 46.8. The van der Waals surface area contributed by atoms with E-state index in [-0.39, 0.29) is 51.2 Å². The quantitative estimate of drug-likeness (QED) is 0.0412. The van der Waals surface area contributed by atoms with Gasteiger partial charge in [-0.2, -0.15) is 0 Å². The third-order valence-corrected chi connectivity index (χ3v) is 10.4. The number of hydrogen-bond donors (Lipinski definition) is 14. The third kappa shape index (κ3) is 16.6. The van der Waals surface area contributed by atoms with Crippen molar-refractivity contribution in [3.8, 4) is 0 Å². The number of nitrogens with one attached hydrogen (secondary N) is 7. The first-order valence-corrected chi connectivity index (χ1v) is 20.6. The molecule has 0 aliphatic carbocycles. The van der Waals surface area contributed by atoms with E-state index in [0.717, 1.165) is 11.8 Å². The van der Waals surface area contributed by atoms with Gasteiger partial charge in [0.05, 0.1) is 25.6 Å². The number of carbonyl (C=O) groups is 11. The van der Waals surface area contributed by atoms with Crippen LogP contribution in [0.5, 0.6) is 0 Å². The van der Waals surface area contributed by atoms with Gasteiger partial charge >= 0.3 is 5.97 Å².